The third-order valence-corrected chi connectivity index (χ3v) is 3.74. The molecule has 9 heteroatoms. The van der Waals surface area contributed by atoms with Crippen LogP contribution in [-0.2, 0) is 9.53 Å². The van der Waals surface area contributed by atoms with Crippen molar-refractivity contribution in [2.75, 3.05) is 0 Å². The Labute approximate surface area is 141 Å². The molecule has 128 valence electrons. The minimum Gasteiger partial charge on any atom is -0.444 e. The van der Waals surface area contributed by atoms with Crippen LogP contribution in [0.1, 0.15) is 40.0 Å². The number of hydrogen-bond acceptors (Lipinski definition) is 4. The van der Waals surface area contributed by atoms with E-state index in [2.05, 4.69) is 8.85 Å². The maximum atomic E-state index is 12.9. The van der Waals surface area contributed by atoms with Crippen LogP contribution in [0.5, 0.6) is 0 Å². The van der Waals surface area contributed by atoms with Gasteiger partial charge in [-0.1, -0.05) is 0 Å². The molecule has 1 rings (SSSR count). The van der Waals surface area contributed by atoms with Gasteiger partial charge in [-0.05, 0) is 33.1 Å². The molecule has 22 heavy (non-hydrogen) atoms. The Bertz CT molecular complexity index is 421. The standard InChI is InChI=1S/C13H21F2IN2O4/c1-12(2,3)22-11(21)17-8(9(19)10(20)18-16)4-7-5-13(14,15)6-7/h7-9,19H,4-6H2,1-3H3,(H,17,21)(H,18,20). The molecule has 2 amide bonds. The van der Waals surface area contributed by atoms with Crippen LogP contribution in [-0.4, -0.2) is 40.8 Å². The first kappa shape index (κ1) is 19.3. The van der Waals surface area contributed by atoms with Gasteiger partial charge in [-0.3, -0.25) is 8.32 Å². The zero-order valence-corrected chi connectivity index (χ0v) is 14.8. The lowest BCUT2D eigenvalue weighted by atomic mass is 9.76. The van der Waals surface area contributed by atoms with Gasteiger partial charge in [0.25, 0.3) is 5.91 Å². The molecule has 1 saturated carbocycles. The van der Waals surface area contributed by atoms with Gasteiger partial charge in [-0.2, -0.15) is 0 Å². The zero-order chi connectivity index (χ0) is 17.1. The van der Waals surface area contributed by atoms with Gasteiger partial charge in [-0.15, -0.1) is 0 Å². The molecule has 0 aromatic carbocycles. The maximum absolute atomic E-state index is 12.9. The van der Waals surface area contributed by atoms with Crippen LogP contribution in [0.4, 0.5) is 13.6 Å². The monoisotopic (exact) mass is 434 g/mol. The zero-order valence-electron chi connectivity index (χ0n) is 12.7. The lowest BCUT2D eigenvalue weighted by Gasteiger charge is -2.37. The van der Waals surface area contributed by atoms with Gasteiger partial charge in [-0.25, -0.2) is 13.6 Å². The van der Waals surface area contributed by atoms with E-state index in [1.165, 1.54) is 0 Å². The van der Waals surface area contributed by atoms with Crippen LogP contribution < -0.4 is 8.85 Å². The fourth-order valence-corrected chi connectivity index (χ4v) is 2.59. The number of nitrogens with one attached hydrogen (secondary N) is 2. The second-order valence-electron chi connectivity index (χ2n) is 6.52. The van der Waals surface area contributed by atoms with Crippen molar-refractivity contribution in [1.29, 1.82) is 0 Å². The minimum absolute atomic E-state index is 0.0834. The summed E-state index contributed by atoms with van der Waals surface area (Å²) in [5, 5.41) is 12.3. The highest BCUT2D eigenvalue weighted by atomic mass is 127. The third kappa shape index (κ3) is 6.19. The van der Waals surface area contributed by atoms with Crippen LogP contribution in [0.15, 0.2) is 0 Å². The highest BCUT2D eigenvalue weighted by Crippen LogP contribution is 2.44. The Morgan fingerprint density at radius 1 is 1.41 bits per heavy atom. The highest BCUT2D eigenvalue weighted by molar-refractivity contribution is 14.1. The molecule has 0 heterocycles. The number of carbonyl (C=O) groups excluding carboxylic acids is 2. The van der Waals surface area contributed by atoms with Crippen molar-refractivity contribution in [1.82, 2.24) is 8.85 Å². The summed E-state index contributed by atoms with van der Waals surface area (Å²) in [4.78, 5) is 23.3. The predicted molar refractivity (Wildman–Crippen MR) is 83.6 cm³/mol. The molecule has 0 aromatic rings. The molecule has 0 bridgehead atoms. The average molecular weight is 434 g/mol. The summed E-state index contributed by atoms with van der Waals surface area (Å²) in [5.74, 6) is -3.75. The van der Waals surface area contributed by atoms with Crippen molar-refractivity contribution in [3.8, 4) is 0 Å². The van der Waals surface area contributed by atoms with Gasteiger partial charge >= 0.3 is 6.09 Å². The molecule has 0 aromatic heterocycles. The van der Waals surface area contributed by atoms with Gasteiger partial charge < -0.3 is 15.2 Å². The molecule has 1 aliphatic rings. The number of alkyl carbamates (subject to hydrolysis) is 1. The molecule has 1 aliphatic carbocycles. The Morgan fingerprint density at radius 3 is 2.36 bits per heavy atom. The Kier molecular flexibility index (Phi) is 6.36. The number of carbonyl (C=O) groups is 2. The van der Waals surface area contributed by atoms with E-state index >= 15 is 0 Å². The van der Waals surface area contributed by atoms with Crippen molar-refractivity contribution in [2.45, 2.75) is 63.7 Å². The molecule has 2 atom stereocenters. The van der Waals surface area contributed by atoms with Gasteiger partial charge in [0.2, 0.25) is 5.92 Å². The van der Waals surface area contributed by atoms with Crippen LogP contribution in [0.3, 0.4) is 0 Å². The quantitative estimate of drug-likeness (QED) is 0.457. The van der Waals surface area contributed by atoms with E-state index in [0.717, 1.165) is 0 Å². The summed E-state index contributed by atoms with van der Waals surface area (Å²) in [5.41, 5.74) is -0.741. The lowest BCUT2D eigenvalue weighted by Crippen LogP contribution is -2.52. The largest absolute Gasteiger partial charge is 0.444 e. The van der Waals surface area contributed by atoms with Gasteiger partial charge in [0.15, 0.2) is 6.10 Å². The van der Waals surface area contributed by atoms with Gasteiger partial charge in [0, 0.05) is 12.8 Å². The Balaban J connectivity index is 2.66. The van der Waals surface area contributed by atoms with E-state index in [1.54, 1.807) is 43.6 Å². The number of ether oxygens (including phenoxy) is 1. The fourth-order valence-electron chi connectivity index (χ4n) is 2.27. The molecule has 2 unspecified atom stereocenters. The second-order valence-corrected chi connectivity index (χ2v) is 7.06. The number of rotatable bonds is 5. The second kappa shape index (κ2) is 7.24. The van der Waals surface area contributed by atoms with Gasteiger partial charge in [0.05, 0.1) is 28.9 Å². The van der Waals surface area contributed by atoms with E-state index in [9.17, 15) is 23.5 Å². The van der Waals surface area contributed by atoms with Crippen molar-refractivity contribution in [2.24, 2.45) is 5.92 Å². The molecular weight excluding hydrogens is 413 g/mol. The fraction of sp³-hybridized carbons (Fsp3) is 0.846. The summed E-state index contributed by atoms with van der Waals surface area (Å²) in [7, 11) is 0. The van der Waals surface area contributed by atoms with Crippen LogP contribution >= 0.6 is 22.9 Å². The molecule has 3 N–H and O–H groups in total. The van der Waals surface area contributed by atoms with Crippen LogP contribution in [0, 0.1) is 5.92 Å². The normalized spacial score (nSPS) is 20.5. The van der Waals surface area contributed by atoms with E-state index in [0.29, 0.717) is 0 Å². The molecule has 0 aliphatic heterocycles. The molecule has 0 spiro atoms. The third-order valence-electron chi connectivity index (χ3n) is 3.21. The van der Waals surface area contributed by atoms with Crippen molar-refractivity contribution < 1.29 is 28.2 Å². The molecule has 1 fully saturated rings. The van der Waals surface area contributed by atoms with Crippen molar-refractivity contribution in [3.63, 3.8) is 0 Å². The maximum Gasteiger partial charge on any atom is 0.407 e. The summed E-state index contributed by atoms with van der Waals surface area (Å²) in [6, 6.07) is -0.981. The summed E-state index contributed by atoms with van der Waals surface area (Å²) in [6.45, 7) is 5.01. The topological polar surface area (TPSA) is 87.7 Å². The minimum atomic E-state index is -2.70. The lowest BCUT2D eigenvalue weighted by molar-refractivity contribution is -0.131. The van der Waals surface area contributed by atoms with E-state index in [4.69, 9.17) is 4.74 Å². The first-order valence-corrected chi connectivity index (χ1v) is 7.97. The van der Waals surface area contributed by atoms with Crippen molar-refractivity contribution >= 4 is 34.9 Å². The first-order valence-electron chi connectivity index (χ1n) is 6.89. The average Bonchev–Trinajstić information content (AvgIpc) is 2.31. The highest BCUT2D eigenvalue weighted by Gasteiger charge is 2.47. The Hall–Kier alpha value is -0.710. The number of alkyl halides is 2. The number of aliphatic hydroxyl groups excluding tert-OH is 1. The molecule has 0 radical (unpaired) electrons. The van der Waals surface area contributed by atoms with E-state index < -0.39 is 35.7 Å². The number of amides is 2. The predicted octanol–water partition coefficient (Wildman–Crippen LogP) is 2.14. The number of hydrogen-bond donors (Lipinski definition) is 3. The number of halogens is 3. The van der Waals surface area contributed by atoms with Crippen LogP contribution in [0.25, 0.3) is 0 Å². The first-order chi connectivity index (χ1) is 9.93. The summed E-state index contributed by atoms with van der Waals surface area (Å²) in [6.07, 6.45) is -2.86. The smallest absolute Gasteiger partial charge is 0.407 e. The van der Waals surface area contributed by atoms with Crippen molar-refractivity contribution in [3.05, 3.63) is 0 Å². The molecule has 0 saturated heterocycles. The van der Waals surface area contributed by atoms with E-state index in [1.807, 2.05) is 0 Å². The molecular formula is C13H21F2IN2O4. The van der Waals surface area contributed by atoms with Crippen LogP contribution in [0.2, 0.25) is 0 Å². The van der Waals surface area contributed by atoms with E-state index in [-0.39, 0.29) is 25.2 Å². The Morgan fingerprint density at radius 2 is 1.95 bits per heavy atom. The molecule has 6 nitrogen and oxygen atoms in total. The summed E-state index contributed by atoms with van der Waals surface area (Å²) < 4.78 is 33.1. The van der Waals surface area contributed by atoms with Gasteiger partial charge in [0.1, 0.15) is 5.60 Å². The summed E-state index contributed by atoms with van der Waals surface area (Å²) >= 11 is 1.56. The number of aliphatic hydroxyl groups is 1. The SMILES string of the molecule is CC(C)(C)OC(=O)NC(CC1CC(F)(F)C1)C(O)C(=O)NI.